The number of methoxy groups -OCH3 is 2. The van der Waals surface area contributed by atoms with Crippen molar-refractivity contribution in [2.45, 2.75) is 90.1 Å². The Kier molecular flexibility index (Phi) is 12.0. The lowest BCUT2D eigenvalue weighted by Crippen LogP contribution is -2.51. The van der Waals surface area contributed by atoms with Crippen LogP contribution in [0.15, 0.2) is 85.2 Å². The molecule has 3 amide bonds. The number of carbonyl (C=O) groups is 4. The molecule has 15 nitrogen and oxygen atoms in total. The highest BCUT2D eigenvalue weighted by molar-refractivity contribution is 5.93. The first-order valence-corrected chi connectivity index (χ1v) is 22.6. The molecule has 0 bridgehead atoms. The minimum Gasteiger partial charge on any atom is -0.465 e. The number of rotatable bonds is 12. The molecule has 5 heterocycles. The van der Waals surface area contributed by atoms with Gasteiger partial charge in [-0.25, -0.2) is 19.6 Å². The summed E-state index contributed by atoms with van der Waals surface area (Å²) in [7, 11) is 2.60. The van der Waals surface area contributed by atoms with Gasteiger partial charge in [-0.1, -0.05) is 76.6 Å². The number of ketones is 1. The molecule has 6 aromatic rings. The number of hydrogen-bond donors (Lipinski definition) is 4. The summed E-state index contributed by atoms with van der Waals surface area (Å²) in [5.74, 6) is 1.48. The van der Waals surface area contributed by atoms with Crippen LogP contribution in [0.3, 0.4) is 0 Å². The Balaban J connectivity index is 1.00. The van der Waals surface area contributed by atoms with Crippen molar-refractivity contribution in [3.05, 3.63) is 102 Å². The Morgan fingerprint density at radius 1 is 0.754 bits per heavy atom. The molecular weight excluding hydrogens is 825 g/mol. The van der Waals surface area contributed by atoms with Crippen molar-refractivity contribution in [1.82, 2.24) is 40.0 Å². The number of aromatic nitrogens is 5. The van der Waals surface area contributed by atoms with Crippen LogP contribution in [0.5, 0.6) is 5.75 Å². The van der Waals surface area contributed by atoms with E-state index in [1.54, 1.807) is 0 Å². The van der Waals surface area contributed by atoms with E-state index < -0.39 is 30.5 Å². The second-order valence-corrected chi connectivity index (χ2v) is 18.1. The van der Waals surface area contributed by atoms with Crippen molar-refractivity contribution >= 4 is 34.8 Å². The van der Waals surface area contributed by atoms with Gasteiger partial charge in [-0.3, -0.25) is 9.59 Å². The van der Waals surface area contributed by atoms with Crippen LogP contribution >= 0.6 is 0 Å². The molecule has 65 heavy (non-hydrogen) atoms. The van der Waals surface area contributed by atoms with Crippen molar-refractivity contribution in [1.29, 1.82) is 0 Å². The molecular formula is C50H56N8O7. The molecule has 2 aliphatic heterocycles. The number of imidazole rings is 2. The normalized spacial score (nSPS) is 20.0. The molecule has 15 heteroatoms. The summed E-state index contributed by atoms with van der Waals surface area (Å²) in [5, 5.41) is 6.51. The lowest BCUT2D eigenvalue weighted by Gasteiger charge is -2.30. The number of carbonyl (C=O) groups excluding carboxylic acids is 4. The summed E-state index contributed by atoms with van der Waals surface area (Å²) in [5.41, 5.74) is 7.51. The molecule has 2 fully saturated rings. The van der Waals surface area contributed by atoms with Crippen molar-refractivity contribution in [2.24, 2.45) is 17.8 Å². The molecule has 9 rings (SSSR count). The van der Waals surface area contributed by atoms with E-state index in [-0.39, 0.29) is 41.4 Å². The number of H-pyrrole nitrogens is 2. The summed E-state index contributed by atoms with van der Waals surface area (Å²) in [6.45, 7) is 8.24. The first kappa shape index (κ1) is 43.4. The standard InChI is InChI=1S/C50H56N8O7/c1-27(2)42(55-49(61)63-5)44(59)33-14-10-15-34(33)45-51-25-37(53-45)31-17-19-35-40-23-32-22-30(18-20-38(32)58(40)48(65-41(35)24-31)29-12-8-7-9-13-29)36-26-52-46(54-36)39-16-11-21-57(39)47(60)43(28(3)4)56-50(62)64-6/h7-9,12-13,17-20,22-28,33-34,39,42-43,48H,10-11,14-16,21H2,1-6H3,(H,51,53)(H,52,54)(H,55,61)(H,56,62)/t33?,34-,39+,42+,43+,48+/m1/s1. The largest absolute Gasteiger partial charge is 0.465 e. The second-order valence-electron chi connectivity index (χ2n) is 18.1. The topological polar surface area (TPSA) is 186 Å². The summed E-state index contributed by atoms with van der Waals surface area (Å²) in [6, 6.07) is 23.4. The molecule has 338 valence electrons. The van der Waals surface area contributed by atoms with Gasteiger partial charge in [0.05, 0.1) is 61.3 Å². The fraction of sp³-hybridized carbons (Fsp3) is 0.400. The van der Waals surface area contributed by atoms with Gasteiger partial charge in [0.25, 0.3) is 0 Å². The van der Waals surface area contributed by atoms with Gasteiger partial charge in [-0.15, -0.1) is 0 Å². The highest BCUT2D eigenvalue weighted by Gasteiger charge is 2.41. The van der Waals surface area contributed by atoms with Gasteiger partial charge in [-0.05, 0) is 67.9 Å². The lowest BCUT2D eigenvalue weighted by molar-refractivity contribution is -0.135. The van der Waals surface area contributed by atoms with E-state index in [2.05, 4.69) is 79.8 Å². The van der Waals surface area contributed by atoms with E-state index in [0.29, 0.717) is 12.4 Å². The SMILES string of the molecule is COC(=O)N[C@H](C(=O)C1CCC[C@H]1c1ncc(-c2ccc3c(c2)O[C@@H](c2ccccc2)n2c-3cc3cc(-c4cnc([C@@H]5CCCN5C(=O)[C@@H](NC(=O)OC)C(C)C)[nH]4)ccc32)[nH]1)C(C)C. The van der Waals surface area contributed by atoms with E-state index >= 15 is 0 Å². The maximum Gasteiger partial charge on any atom is 0.407 e. The number of Topliss-reactive ketones (excluding diaryl/α,β-unsaturated/α-hetero) is 1. The van der Waals surface area contributed by atoms with Crippen molar-refractivity contribution in [3.8, 4) is 39.5 Å². The molecule has 3 aromatic carbocycles. The van der Waals surface area contributed by atoms with Crippen molar-refractivity contribution in [3.63, 3.8) is 0 Å². The molecule has 1 aliphatic carbocycles. The van der Waals surface area contributed by atoms with Gasteiger partial charge in [0.2, 0.25) is 12.1 Å². The average Bonchev–Trinajstić information content (AvgIpc) is 4.18. The number of ether oxygens (including phenoxy) is 3. The van der Waals surface area contributed by atoms with Crippen LogP contribution in [0.4, 0.5) is 9.59 Å². The highest BCUT2D eigenvalue weighted by atomic mass is 16.5. The number of fused-ring (bicyclic) bond motifs is 5. The third-order valence-electron chi connectivity index (χ3n) is 13.4. The number of aromatic amines is 2. The minimum atomic E-state index is -0.712. The second kappa shape index (κ2) is 17.9. The Labute approximate surface area is 377 Å². The zero-order chi connectivity index (χ0) is 45.5. The van der Waals surface area contributed by atoms with E-state index in [9.17, 15) is 19.2 Å². The fourth-order valence-corrected chi connectivity index (χ4v) is 10.00. The quantitative estimate of drug-likeness (QED) is 0.0932. The highest BCUT2D eigenvalue weighted by Crippen LogP contribution is 2.47. The molecule has 4 N–H and O–H groups in total. The third-order valence-corrected chi connectivity index (χ3v) is 13.4. The van der Waals surface area contributed by atoms with Crippen LogP contribution in [-0.2, 0) is 19.1 Å². The van der Waals surface area contributed by atoms with Crippen LogP contribution in [0.1, 0.15) is 95.2 Å². The van der Waals surface area contributed by atoms with Crippen LogP contribution < -0.4 is 15.4 Å². The molecule has 1 saturated carbocycles. The molecule has 0 spiro atoms. The Morgan fingerprint density at radius 3 is 2.12 bits per heavy atom. The zero-order valence-corrected chi connectivity index (χ0v) is 37.6. The minimum absolute atomic E-state index is 0.00758. The van der Waals surface area contributed by atoms with E-state index in [0.717, 1.165) is 93.9 Å². The Hall–Kier alpha value is -6.90. The Bertz CT molecular complexity index is 2740. The van der Waals surface area contributed by atoms with Gasteiger partial charge in [0.15, 0.2) is 5.78 Å². The maximum atomic E-state index is 13.9. The fourth-order valence-electron chi connectivity index (χ4n) is 10.00. The number of benzene rings is 3. The number of hydrogen-bond acceptors (Lipinski definition) is 9. The Morgan fingerprint density at radius 2 is 1.42 bits per heavy atom. The first-order chi connectivity index (χ1) is 31.4. The first-order valence-electron chi connectivity index (χ1n) is 22.6. The molecule has 1 unspecified atom stereocenters. The average molecular weight is 881 g/mol. The van der Waals surface area contributed by atoms with E-state index in [4.69, 9.17) is 24.2 Å². The predicted molar refractivity (Wildman–Crippen MR) is 245 cm³/mol. The molecule has 0 radical (unpaired) electrons. The van der Waals surface area contributed by atoms with Crippen LogP contribution in [0.2, 0.25) is 0 Å². The van der Waals surface area contributed by atoms with Crippen LogP contribution in [-0.4, -0.2) is 86.1 Å². The zero-order valence-electron chi connectivity index (χ0n) is 37.6. The smallest absolute Gasteiger partial charge is 0.407 e. The van der Waals surface area contributed by atoms with Gasteiger partial charge in [0, 0.05) is 46.0 Å². The van der Waals surface area contributed by atoms with Crippen LogP contribution in [0, 0.1) is 17.8 Å². The lowest BCUT2D eigenvalue weighted by atomic mass is 9.84. The monoisotopic (exact) mass is 880 g/mol. The molecule has 3 aromatic heterocycles. The van der Waals surface area contributed by atoms with Crippen LogP contribution in [0.25, 0.3) is 44.7 Å². The predicted octanol–water partition coefficient (Wildman–Crippen LogP) is 8.91. The van der Waals surface area contributed by atoms with E-state index in [1.807, 2.05) is 63.2 Å². The number of likely N-dealkylation sites (tertiary alicyclic amines) is 1. The van der Waals surface area contributed by atoms with Gasteiger partial charge in [-0.2, -0.15) is 0 Å². The summed E-state index contributed by atoms with van der Waals surface area (Å²) in [6.07, 6.45) is 6.00. The molecule has 6 atom stereocenters. The van der Waals surface area contributed by atoms with Crippen molar-refractivity contribution < 1.29 is 33.4 Å². The molecule has 1 saturated heterocycles. The number of amides is 3. The van der Waals surface area contributed by atoms with E-state index in [1.165, 1.54) is 14.2 Å². The van der Waals surface area contributed by atoms with Gasteiger partial charge < -0.3 is 44.3 Å². The summed E-state index contributed by atoms with van der Waals surface area (Å²) < 4.78 is 18.8. The summed E-state index contributed by atoms with van der Waals surface area (Å²) in [4.78, 5) is 70.3. The van der Waals surface area contributed by atoms with Gasteiger partial charge >= 0.3 is 12.2 Å². The number of nitrogens with zero attached hydrogens (tertiary/aromatic N) is 4. The summed E-state index contributed by atoms with van der Waals surface area (Å²) >= 11 is 0. The molecule has 3 aliphatic rings. The number of nitrogens with one attached hydrogen (secondary N) is 4. The number of alkyl carbamates (subject to hydrolysis) is 2. The maximum absolute atomic E-state index is 13.9. The van der Waals surface area contributed by atoms with Crippen molar-refractivity contribution in [2.75, 3.05) is 20.8 Å². The van der Waals surface area contributed by atoms with Gasteiger partial charge in [0.1, 0.15) is 23.4 Å². The third kappa shape index (κ3) is 8.23.